The number of hydrogen-bond acceptors (Lipinski definition) is 3. The summed E-state index contributed by atoms with van der Waals surface area (Å²) in [4.78, 5) is 14.2. The van der Waals surface area contributed by atoms with Crippen molar-refractivity contribution in [3.8, 4) is 0 Å². The van der Waals surface area contributed by atoms with Crippen LogP contribution in [0.4, 0.5) is 5.69 Å². The van der Waals surface area contributed by atoms with Gasteiger partial charge in [-0.2, -0.15) is 0 Å². The Kier molecular flexibility index (Phi) is 5.06. The summed E-state index contributed by atoms with van der Waals surface area (Å²) in [5.41, 5.74) is 3.02. The standard InChI is InChI=1S/C17H23NO3S/c1-4-5-6-17(19)18(16-9-10-22(20,21)12-16)15-8-7-13(2)14(3)11-15/h7-11,16H,4-6,12H2,1-3H3/t16-/m0/s1. The molecule has 22 heavy (non-hydrogen) atoms. The fourth-order valence-electron chi connectivity index (χ4n) is 2.56. The summed E-state index contributed by atoms with van der Waals surface area (Å²) in [5, 5.41) is 1.22. The number of unbranched alkanes of at least 4 members (excludes halogenated alkanes) is 1. The van der Waals surface area contributed by atoms with Crippen molar-refractivity contribution >= 4 is 21.4 Å². The van der Waals surface area contributed by atoms with Gasteiger partial charge in [-0.3, -0.25) is 4.79 Å². The third-order valence-corrected chi connectivity index (χ3v) is 5.40. The van der Waals surface area contributed by atoms with Gasteiger partial charge in [0, 0.05) is 17.5 Å². The average molecular weight is 321 g/mol. The van der Waals surface area contributed by atoms with Crippen LogP contribution in [0.5, 0.6) is 0 Å². The first kappa shape index (κ1) is 16.7. The van der Waals surface area contributed by atoms with E-state index in [-0.39, 0.29) is 11.7 Å². The number of carbonyl (C=O) groups is 1. The molecule has 1 aromatic carbocycles. The molecule has 2 rings (SSSR count). The van der Waals surface area contributed by atoms with E-state index in [0.717, 1.165) is 29.7 Å². The summed E-state index contributed by atoms with van der Waals surface area (Å²) in [6.07, 6.45) is 3.80. The molecule has 1 aliphatic rings. The van der Waals surface area contributed by atoms with E-state index in [2.05, 4.69) is 0 Å². The molecule has 1 heterocycles. The Hall–Kier alpha value is -1.62. The van der Waals surface area contributed by atoms with Gasteiger partial charge < -0.3 is 4.90 Å². The van der Waals surface area contributed by atoms with Gasteiger partial charge in [0.1, 0.15) is 0 Å². The first-order valence-corrected chi connectivity index (χ1v) is 9.36. The van der Waals surface area contributed by atoms with E-state index in [1.54, 1.807) is 11.0 Å². The highest BCUT2D eigenvalue weighted by atomic mass is 32.2. The van der Waals surface area contributed by atoms with Crippen LogP contribution in [0.2, 0.25) is 0 Å². The number of aryl methyl sites for hydroxylation is 2. The summed E-state index contributed by atoms with van der Waals surface area (Å²) in [5.74, 6) is -0.0468. The van der Waals surface area contributed by atoms with Crippen LogP contribution < -0.4 is 4.90 Å². The molecule has 1 aromatic rings. The summed E-state index contributed by atoms with van der Waals surface area (Å²) in [6, 6.07) is 5.41. The predicted octanol–water partition coefficient (Wildman–Crippen LogP) is 3.14. The third kappa shape index (κ3) is 3.77. The topological polar surface area (TPSA) is 54.5 Å². The lowest BCUT2D eigenvalue weighted by molar-refractivity contribution is -0.118. The molecule has 0 fully saturated rings. The van der Waals surface area contributed by atoms with E-state index >= 15 is 0 Å². The summed E-state index contributed by atoms with van der Waals surface area (Å²) in [6.45, 7) is 6.05. The maximum atomic E-state index is 12.6. The zero-order chi connectivity index (χ0) is 16.3. The number of carbonyl (C=O) groups excluding carboxylic acids is 1. The zero-order valence-electron chi connectivity index (χ0n) is 13.4. The summed E-state index contributed by atoms with van der Waals surface area (Å²) in [7, 11) is -3.20. The van der Waals surface area contributed by atoms with Crippen molar-refractivity contribution in [2.45, 2.75) is 46.1 Å². The maximum absolute atomic E-state index is 12.6. The normalized spacial score (nSPS) is 19.3. The van der Waals surface area contributed by atoms with Gasteiger partial charge >= 0.3 is 0 Å². The molecule has 0 saturated carbocycles. The molecule has 5 heteroatoms. The van der Waals surface area contributed by atoms with Gasteiger partial charge in [-0.1, -0.05) is 19.4 Å². The highest BCUT2D eigenvalue weighted by Gasteiger charge is 2.31. The van der Waals surface area contributed by atoms with Crippen LogP contribution in [0.1, 0.15) is 37.3 Å². The molecule has 4 nitrogen and oxygen atoms in total. The molecule has 0 spiro atoms. The van der Waals surface area contributed by atoms with Gasteiger partial charge in [0.25, 0.3) is 0 Å². The van der Waals surface area contributed by atoms with E-state index in [1.165, 1.54) is 5.41 Å². The molecule has 120 valence electrons. The lowest BCUT2D eigenvalue weighted by Gasteiger charge is -2.28. The minimum absolute atomic E-state index is 0.0168. The van der Waals surface area contributed by atoms with Crippen LogP contribution in [0.3, 0.4) is 0 Å². The van der Waals surface area contributed by atoms with E-state index in [4.69, 9.17) is 0 Å². The van der Waals surface area contributed by atoms with Crippen molar-refractivity contribution in [2.24, 2.45) is 0 Å². The van der Waals surface area contributed by atoms with Gasteiger partial charge in [0.05, 0.1) is 11.8 Å². The van der Waals surface area contributed by atoms with Crippen LogP contribution in [0.25, 0.3) is 0 Å². The number of amides is 1. The lowest BCUT2D eigenvalue weighted by Crippen LogP contribution is -2.41. The Morgan fingerprint density at radius 3 is 2.55 bits per heavy atom. The molecule has 1 atom stereocenters. The zero-order valence-corrected chi connectivity index (χ0v) is 14.2. The number of hydrogen-bond donors (Lipinski definition) is 0. The maximum Gasteiger partial charge on any atom is 0.227 e. The Morgan fingerprint density at radius 2 is 2.00 bits per heavy atom. The molecule has 0 aliphatic carbocycles. The Bertz CT molecular complexity index is 692. The SMILES string of the molecule is CCCCC(=O)N(c1ccc(C)c(C)c1)[C@H]1C=CS(=O)(=O)C1. The summed E-state index contributed by atoms with van der Waals surface area (Å²) >= 11 is 0. The molecule has 1 amide bonds. The van der Waals surface area contributed by atoms with E-state index < -0.39 is 15.9 Å². The average Bonchev–Trinajstić information content (AvgIpc) is 2.80. The Balaban J connectivity index is 2.35. The van der Waals surface area contributed by atoms with Crippen molar-refractivity contribution in [1.82, 2.24) is 0 Å². The molecular weight excluding hydrogens is 298 g/mol. The molecule has 0 N–H and O–H groups in total. The van der Waals surface area contributed by atoms with Crippen LogP contribution >= 0.6 is 0 Å². The van der Waals surface area contributed by atoms with Gasteiger partial charge in [-0.15, -0.1) is 0 Å². The smallest absolute Gasteiger partial charge is 0.227 e. The van der Waals surface area contributed by atoms with Gasteiger partial charge in [0.15, 0.2) is 9.84 Å². The minimum Gasteiger partial charge on any atom is -0.304 e. The quantitative estimate of drug-likeness (QED) is 0.837. The van der Waals surface area contributed by atoms with E-state index in [0.29, 0.717) is 6.42 Å². The molecule has 1 aliphatic heterocycles. The molecule has 0 radical (unpaired) electrons. The van der Waals surface area contributed by atoms with Crippen molar-refractivity contribution in [3.63, 3.8) is 0 Å². The second kappa shape index (κ2) is 6.65. The molecule has 0 saturated heterocycles. The fourth-order valence-corrected chi connectivity index (χ4v) is 3.83. The van der Waals surface area contributed by atoms with Crippen LogP contribution in [-0.2, 0) is 14.6 Å². The van der Waals surface area contributed by atoms with Crippen molar-refractivity contribution < 1.29 is 13.2 Å². The van der Waals surface area contributed by atoms with Crippen LogP contribution in [-0.4, -0.2) is 26.1 Å². The van der Waals surface area contributed by atoms with E-state index in [9.17, 15) is 13.2 Å². The predicted molar refractivity (Wildman–Crippen MR) is 89.6 cm³/mol. The molecule has 0 aromatic heterocycles. The Morgan fingerprint density at radius 1 is 1.27 bits per heavy atom. The van der Waals surface area contributed by atoms with Gasteiger partial charge in [-0.05, 0) is 49.6 Å². The number of nitrogens with zero attached hydrogens (tertiary/aromatic N) is 1. The second-order valence-electron chi connectivity index (χ2n) is 5.86. The van der Waals surface area contributed by atoms with Crippen molar-refractivity contribution in [3.05, 3.63) is 40.8 Å². The molecule has 0 bridgehead atoms. The van der Waals surface area contributed by atoms with Gasteiger partial charge in [0.2, 0.25) is 5.91 Å². The van der Waals surface area contributed by atoms with Gasteiger partial charge in [-0.25, -0.2) is 8.42 Å². The minimum atomic E-state index is -3.20. The van der Waals surface area contributed by atoms with Crippen LogP contribution in [0.15, 0.2) is 29.7 Å². The highest BCUT2D eigenvalue weighted by Crippen LogP contribution is 2.26. The monoisotopic (exact) mass is 321 g/mol. The largest absolute Gasteiger partial charge is 0.304 e. The first-order chi connectivity index (χ1) is 10.3. The Labute approximate surface area is 132 Å². The summed E-state index contributed by atoms with van der Waals surface area (Å²) < 4.78 is 23.4. The highest BCUT2D eigenvalue weighted by molar-refractivity contribution is 7.94. The third-order valence-electron chi connectivity index (χ3n) is 4.02. The van der Waals surface area contributed by atoms with Crippen LogP contribution in [0, 0.1) is 13.8 Å². The fraction of sp³-hybridized carbons (Fsp3) is 0.471. The van der Waals surface area contributed by atoms with Crippen molar-refractivity contribution in [1.29, 1.82) is 0 Å². The lowest BCUT2D eigenvalue weighted by atomic mass is 10.1. The number of rotatable bonds is 5. The molecule has 0 unspecified atom stereocenters. The van der Waals surface area contributed by atoms with Crippen molar-refractivity contribution in [2.75, 3.05) is 10.7 Å². The number of anilines is 1. The van der Waals surface area contributed by atoms with E-state index in [1.807, 2.05) is 39.0 Å². The first-order valence-electron chi connectivity index (χ1n) is 7.64. The number of benzene rings is 1. The second-order valence-corrected chi connectivity index (χ2v) is 7.79. The molecular formula is C17H23NO3S. The number of sulfone groups is 1.